The van der Waals surface area contributed by atoms with E-state index in [1.807, 2.05) is 0 Å². The fourth-order valence-corrected chi connectivity index (χ4v) is 0.205. The molecular weight excluding hydrogens is 204 g/mol. The van der Waals surface area contributed by atoms with Crippen LogP contribution in [0.15, 0.2) is 19.0 Å². The summed E-state index contributed by atoms with van der Waals surface area (Å²) in [5, 5.41) is 16.2. The number of isocyanates is 3. The van der Waals surface area contributed by atoms with Crippen molar-refractivity contribution in [2.45, 2.75) is 0 Å². The van der Waals surface area contributed by atoms with E-state index >= 15 is 0 Å². The van der Waals surface area contributed by atoms with Crippen molar-refractivity contribution in [3.8, 4) is 0 Å². The summed E-state index contributed by atoms with van der Waals surface area (Å²) in [7, 11) is 0. The lowest BCUT2D eigenvalue weighted by atomic mass is 11.1. The summed E-state index contributed by atoms with van der Waals surface area (Å²) >= 11 is 0. The molecule has 78 valence electrons. The highest BCUT2D eigenvalue weighted by Crippen LogP contribution is 1.57. The van der Waals surface area contributed by atoms with Gasteiger partial charge in [0.05, 0.1) is 0 Å². The maximum atomic E-state index is 8.35. The molecule has 0 fully saturated rings. The Morgan fingerprint density at radius 3 is 0.867 bits per heavy atom. The van der Waals surface area contributed by atoms with Crippen LogP contribution in [0.1, 0.15) is 0 Å². The maximum Gasteiger partial charge on any atom is 0.231 e. The average molecular weight is 210 g/mol. The van der Waals surface area contributed by atoms with E-state index in [1.165, 1.54) is 19.0 Å². The van der Waals surface area contributed by atoms with Gasteiger partial charge in [-0.1, -0.05) is 0 Å². The number of hydrogen-bond donors (Lipinski definition) is 3. The van der Waals surface area contributed by atoms with E-state index in [0.717, 1.165) is 18.2 Å². The number of hydrogen-bond acceptors (Lipinski definition) is 9. The lowest BCUT2D eigenvalue weighted by molar-refractivity contribution is 0.562. The molecule has 0 bridgehead atoms. The van der Waals surface area contributed by atoms with E-state index in [-0.39, 0.29) is 0 Å². The van der Waals surface area contributed by atoms with Crippen molar-refractivity contribution >= 4 is 18.2 Å². The first-order valence-corrected chi connectivity index (χ1v) is 2.91. The molecule has 0 amide bonds. The van der Waals surface area contributed by atoms with Gasteiger partial charge in [0, 0.05) is 0 Å². The second-order valence-electron chi connectivity index (χ2n) is 1.10. The Morgan fingerprint density at radius 1 is 0.667 bits per heavy atom. The number of rotatable bonds is 0. The van der Waals surface area contributed by atoms with Crippen LogP contribution in [0.4, 0.5) is 0 Å². The Bertz CT molecular complexity index is 254. The molecule has 0 saturated heterocycles. The van der Waals surface area contributed by atoms with Gasteiger partial charge in [0.25, 0.3) is 0 Å². The van der Waals surface area contributed by atoms with Crippen LogP contribution in [0.2, 0.25) is 0 Å². The standard InChI is InChI=1S/C3H3N3.3CHNO/c1-4-2-6-3-5-1;3*2-1-3/h1-3H;3*2H. The smallest absolute Gasteiger partial charge is 0.225 e. The molecular formula is C6H6N6O3. The van der Waals surface area contributed by atoms with Crippen molar-refractivity contribution < 1.29 is 14.4 Å². The van der Waals surface area contributed by atoms with Crippen molar-refractivity contribution in [2.75, 3.05) is 0 Å². The Labute approximate surface area is 83.7 Å². The minimum Gasteiger partial charge on any atom is -0.225 e. The molecule has 15 heavy (non-hydrogen) atoms. The number of nitrogens with zero attached hydrogens (tertiary/aromatic N) is 3. The quantitative estimate of drug-likeness (QED) is 0.388. The summed E-state index contributed by atoms with van der Waals surface area (Å²) in [6.45, 7) is 0. The minimum absolute atomic E-state index is 0.750. The first kappa shape index (κ1) is 18.0. The van der Waals surface area contributed by atoms with Crippen LogP contribution in [-0.4, -0.2) is 33.2 Å². The van der Waals surface area contributed by atoms with E-state index < -0.39 is 0 Å². The normalized spacial score (nSPS) is 4.80. The van der Waals surface area contributed by atoms with Gasteiger partial charge in [-0.3, -0.25) is 0 Å². The third-order valence-corrected chi connectivity index (χ3v) is 0.400. The molecule has 0 aliphatic rings. The number of aromatic nitrogens is 3. The van der Waals surface area contributed by atoms with E-state index in [4.69, 9.17) is 30.6 Å². The van der Waals surface area contributed by atoms with E-state index in [9.17, 15) is 0 Å². The van der Waals surface area contributed by atoms with Crippen LogP contribution < -0.4 is 0 Å². The van der Waals surface area contributed by atoms with Crippen LogP contribution in [-0.2, 0) is 14.4 Å². The van der Waals surface area contributed by atoms with Gasteiger partial charge >= 0.3 is 0 Å². The van der Waals surface area contributed by atoms with Crippen molar-refractivity contribution in [2.24, 2.45) is 0 Å². The van der Waals surface area contributed by atoms with Gasteiger partial charge in [0.15, 0.2) is 0 Å². The predicted molar refractivity (Wildman–Crippen MR) is 45.1 cm³/mol. The molecule has 0 spiro atoms. The molecule has 3 N–H and O–H groups in total. The molecule has 0 radical (unpaired) electrons. The molecule has 1 rings (SSSR count). The first-order chi connectivity index (χ1) is 7.24. The third-order valence-electron chi connectivity index (χ3n) is 0.400. The van der Waals surface area contributed by atoms with Crippen molar-refractivity contribution in [3.05, 3.63) is 19.0 Å². The van der Waals surface area contributed by atoms with E-state index in [0.29, 0.717) is 0 Å². The largest absolute Gasteiger partial charge is 0.231 e. The summed E-state index contributed by atoms with van der Waals surface area (Å²) in [5.74, 6) is 0. The predicted octanol–water partition coefficient (Wildman–Crippen LogP) is -0.425. The Hall–Kier alpha value is -2.85. The van der Waals surface area contributed by atoms with Gasteiger partial charge in [-0.05, 0) is 0 Å². The lowest BCUT2D eigenvalue weighted by Gasteiger charge is -1.69. The molecule has 0 unspecified atom stereocenters. The van der Waals surface area contributed by atoms with Crippen molar-refractivity contribution in [1.29, 1.82) is 16.2 Å². The molecule has 0 atom stereocenters. The highest BCUT2D eigenvalue weighted by molar-refractivity contribution is 5.26. The van der Waals surface area contributed by atoms with Crippen LogP contribution in [0, 0.1) is 16.2 Å². The van der Waals surface area contributed by atoms with Crippen LogP contribution in [0.5, 0.6) is 0 Å². The Balaban J connectivity index is -0.000000140. The SMILES string of the molecule is N=C=O.N=C=O.N=C=O.c1ncncn1. The molecule has 0 saturated carbocycles. The molecule has 9 heteroatoms. The van der Waals surface area contributed by atoms with Crippen LogP contribution in [0.25, 0.3) is 0 Å². The first-order valence-electron chi connectivity index (χ1n) is 2.91. The monoisotopic (exact) mass is 210 g/mol. The number of carbonyl (C=O) groups excluding carboxylic acids is 3. The zero-order valence-electron chi connectivity index (χ0n) is 7.30. The average Bonchev–Trinajstić information content (AvgIpc) is 2.24. The highest BCUT2D eigenvalue weighted by Gasteiger charge is 1.59. The number of nitrogens with one attached hydrogen (secondary N) is 3. The minimum atomic E-state index is 0.750. The molecule has 1 heterocycles. The zero-order chi connectivity index (χ0) is 12.4. The molecule has 0 aliphatic carbocycles. The second kappa shape index (κ2) is 30.4. The Morgan fingerprint density at radius 2 is 0.800 bits per heavy atom. The van der Waals surface area contributed by atoms with Gasteiger partial charge < -0.3 is 0 Å². The van der Waals surface area contributed by atoms with Gasteiger partial charge in [-0.25, -0.2) is 45.6 Å². The van der Waals surface area contributed by atoms with Gasteiger partial charge in [-0.15, -0.1) is 0 Å². The van der Waals surface area contributed by atoms with Gasteiger partial charge in [-0.2, -0.15) is 0 Å². The summed E-state index contributed by atoms with van der Waals surface area (Å²) < 4.78 is 0. The van der Waals surface area contributed by atoms with Crippen LogP contribution >= 0.6 is 0 Å². The van der Waals surface area contributed by atoms with Crippen molar-refractivity contribution in [3.63, 3.8) is 0 Å². The van der Waals surface area contributed by atoms with Crippen molar-refractivity contribution in [1.82, 2.24) is 15.0 Å². The van der Waals surface area contributed by atoms with Gasteiger partial charge in [0.1, 0.15) is 19.0 Å². The Kier molecular flexibility index (Phi) is 36.5. The maximum absolute atomic E-state index is 8.35. The van der Waals surface area contributed by atoms with Crippen LogP contribution in [0.3, 0.4) is 0 Å². The fraction of sp³-hybridized carbons (Fsp3) is 0. The summed E-state index contributed by atoms with van der Waals surface area (Å²) in [6, 6.07) is 0. The summed E-state index contributed by atoms with van der Waals surface area (Å²) in [5.41, 5.74) is 0. The molecule has 1 aromatic heterocycles. The fourth-order valence-electron chi connectivity index (χ4n) is 0.205. The molecule has 1 aromatic rings. The van der Waals surface area contributed by atoms with E-state index in [1.54, 1.807) is 0 Å². The molecule has 0 aromatic carbocycles. The molecule has 9 nitrogen and oxygen atoms in total. The second-order valence-corrected chi connectivity index (χ2v) is 1.10. The van der Waals surface area contributed by atoms with E-state index in [2.05, 4.69) is 15.0 Å². The zero-order valence-corrected chi connectivity index (χ0v) is 7.30. The summed E-state index contributed by atoms with van der Waals surface area (Å²) in [6.07, 6.45) is 6.56. The molecule has 0 aliphatic heterocycles. The lowest BCUT2D eigenvalue weighted by Crippen LogP contribution is -1.73. The highest BCUT2D eigenvalue weighted by atomic mass is 16.1. The topological polar surface area (TPSA) is 161 Å². The third kappa shape index (κ3) is 94.1. The summed E-state index contributed by atoms with van der Waals surface area (Å²) in [4.78, 5) is 35.7. The van der Waals surface area contributed by atoms with Gasteiger partial charge in [0.2, 0.25) is 18.2 Å².